The number of para-hydroxylation sites is 1. The van der Waals surface area contributed by atoms with Gasteiger partial charge in [-0.1, -0.05) is 61.9 Å². The number of hydrogen-bond donors (Lipinski definition) is 1. The number of hydrazone groups is 1. The highest BCUT2D eigenvalue weighted by Crippen LogP contribution is 2.31. The Balaban J connectivity index is 1.75. The number of thioether (sulfide) groups is 1. The van der Waals surface area contributed by atoms with Crippen LogP contribution < -0.4 is 20.8 Å². The van der Waals surface area contributed by atoms with Crippen LogP contribution in [0.25, 0.3) is 5.70 Å². The molecule has 2 aromatic carbocycles. The third-order valence-corrected chi connectivity index (χ3v) is 6.16. The van der Waals surface area contributed by atoms with Gasteiger partial charge >= 0.3 is 0 Å². The van der Waals surface area contributed by atoms with Crippen LogP contribution in [0.2, 0.25) is 0 Å². The molecule has 2 aromatic rings. The van der Waals surface area contributed by atoms with E-state index >= 15 is 0 Å². The van der Waals surface area contributed by atoms with E-state index in [9.17, 15) is 4.79 Å². The van der Waals surface area contributed by atoms with Crippen LogP contribution >= 0.6 is 11.8 Å². The van der Waals surface area contributed by atoms with Gasteiger partial charge in [0.15, 0.2) is 11.3 Å². The molecule has 4 rings (SSSR count). The molecule has 0 radical (unpaired) electrons. The number of anilines is 1. The molecule has 30 heavy (non-hydrogen) atoms. The minimum atomic E-state index is -0.372. The van der Waals surface area contributed by atoms with Gasteiger partial charge in [0.1, 0.15) is 5.70 Å². The summed E-state index contributed by atoms with van der Waals surface area (Å²) in [5.41, 5.74) is 2.67. The average molecular weight is 422 g/mol. The van der Waals surface area contributed by atoms with Crippen molar-refractivity contribution in [3.05, 3.63) is 64.7 Å². The largest absolute Gasteiger partial charge is 0.378 e. The Bertz CT molecular complexity index is 1080. The van der Waals surface area contributed by atoms with E-state index in [0.29, 0.717) is 10.9 Å². The molecule has 0 aromatic heterocycles. The second kappa shape index (κ2) is 8.92. The lowest BCUT2D eigenvalue weighted by Gasteiger charge is -2.34. The highest BCUT2D eigenvalue weighted by molar-refractivity contribution is 8.13. The first-order valence-corrected chi connectivity index (χ1v) is 11.3. The molecule has 2 aliphatic rings. The van der Waals surface area contributed by atoms with Gasteiger partial charge in [-0.15, -0.1) is 5.10 Å². The second-order valence-electron chi connectivity index (χ2n) is 7.61. The van der Waals surface area contributed by atoms with Gasteiger partial charge < -0.3 is 4.90 Å². The lowest BCUT2D eigenvalue weighted by molar-refractivity contribution is -0.116. The molecule has 1 N–H and O–H groups in total. The second-order valence-corrected chi connectivity index (χ2v) is 8.70. The zero-order valence-corrected chi connectivity index (χ0v) is 18.4. The zero-order chi connectivity index (χ0) is 21.1. The van der Waals surface area contributed by atoms with Crippen molar-refractivity contribution in [1.82, 2.24) is 10.3 Å². The van der Waals surface area contributed by atoms with Crippen molar-refractivity contribution in [2.24, 2.45) is 10.1 Å². The van der Waals surface area contributed by atoms with Crippen molar-refractivity contribution < 1.29 is 4.79 Å². The Morgan fingerprint density at radius 1 is 1.10 bits per heavy atom. The number of carbonyl (C=O) groups excluding carboxylic acids is 1. The maximum absolute atomic E-state index is 13.1. The summed E-state index contributed by atoms with van der Waals surface area (Å²) in [6, 6.07) is 16.0. The molecule has 0 aliphatic carbocycles. The van der Waals surface area contributed by atoms with Crippen molar-refractivity contribution in [1.29, 1.82) is 0 Å². The first kappa shape index (κ1) is 20.5. The van der Waals surface area contributed by atoms with E-state index < -0.39 is 0 Å². The molecule has 2 heterocycles. The van der Waals surface area contributed by atoms with Crippen molar-refractivity contribution >= 4 is 34.2 Å². The van der Waals surface area contributed by atoms with E-state index in [4.69, 9.17) is 10.1 Å². The van der Waals surface area contributed by atoms with Gasteiger partial charge in [-0.05, 0) is 30.2 Å². The van der Waals surface area contributed by atoms with Crippen LogP contribution in [0.15, 0.2) is 58.6 Å². The molecule has 7 heteroatoms. The molecule has 0 bridgehead atoms. The molecule has 0 fully saturated rings. The summed E-state index contributed by atoms with van der Waals surface area (Å²) in [4.78, 5) is 20.1. The van der Waals surface area contributed by atoms with Gasteiger partial charge in [0, 0.05) is 30.8 Å². The Labute approximate surface area is 181 Å². The number of rotatable bonds is 6. The van der Waals surface area contributed by atoms with Crippen LogP contribution in [0.4, 0.5) is 5.69 Å². The number of nitrogens with one attached hydrogen (secondary N) is 1. The SMILES string of the molecule is CCCCCSC1=NN2C(=c3ccccc3=N[C@H]2c2ccc(N(C)C)cc2)C(=O)N1. The number of nitrogens with zero attached hydrogens (tertiary/aromatic N) is 4. The lowest BCUT2D eigenvalue weighted by atomic mass is 10.1. The smallest absolute Gasteiger partial charge is 0.276 e. The number of amides is 1. The molecular weight excluding hydrogens is 394 g/mol. The fourth-order valence-corrected chi connectivity index (χ4v) is 4.43. The van der Waals surface area contributed by atoms with Crippen LogP contribution in [0, 0.1) is 0 Å². The molecule has 0 saturated heterocycles. The normalized spacial score (nSPS) is 17.5. The summed E-state index contributed by atoms with van der Waals surface area (Å²) in [6.45, 7) is 2.19. The monoisotopic (exact) mass is 421 g/mol. The predicted molar refractivity (Wildman–Crippen MR) is 124 cm³/mol. The third-order valence-electron chi connectivity index (χ3n) is 5.21. The third kappa shape index (κ3) is 4.07. The van der Waals surface area contributed by atoms with E-state index in [2.05, 4.69) is 41.4 Å². The Hall–Kier alpha value is -2.80. The number of benzene rings is 2. The molecule has 0 spiro atoms. The quantitative estimate of drug-likeness (QED) is 0.729. The van der Waals surface area contributed by atoms with E-state index in [1.807, 2.05) is 38.4 Å². The van der Waals surface area contributed by atoms with Crippen LogP contribution in [-0.2, 0) is 4.79 Å². The standard InChI is InChI=1S/C23H27N5OS/c1-4-5-8-15-30-23-25-22(29)20-18-9-6-7-10-19(18)24-21(28(20)26-23)16-11-13-17(14-12-16)27(2)3/h6-7,9-14,21H,4-5,8,15H2,1-3H3,(H,25,26,29)/t21-/m1/s1. The van der Waals surface area contributed by atoms with Crippen LogP contribution in [0.5, 0.6) is 0 Å². The maximum atomic E-state index is 13.1. The summed E-state index contributed by atoms with van der Waals surface area (Å²) < 4.78 is 0. The number of carbonyl (C=O) groups is 1. The molecule has 2 aliphatic heterocycles. The Kier molecular flexibility index (Phi) is 6.08. The summed E-state index contributed by atoms with van der Waals surface area (Å²) in [7, 11) is 4.03. The van der Waals surface area contributed by atoms with Gasteiger partial charge in [-0.25, -0.2) is 5.01 Å². The van der Waals surface area contributed by atoms with E-state index in [1.54, 1.807) is 16.8 Å². The Morgan fingerprint density at radius 2 is 1.87 bits per heavy atom. The molecular formula is C23H27N5OS. The summed E-state index contributed by atoms with van der Waals surface area (Å²) in [5, 5.41) is 11.8. The molecule has 156 valence electrons. The minimum Gasteiger partial charge on any atom is -0.378 e. The van der Waals surface area contributed by atoms with Gasteiger partial charge in [-0.3, -0.25) is 15.1 Å². The molecule has 1 atom stereocenters. The van der Waals surface area contributed by atoms with Crippen molar-refractivity contribution in [3.8, 4) is 0 Å². The molecule has 1 amide bonds. The number of hydrogen-bond acceptors (Lipinski definition) is 6. The zero-order valence-electron chi connectivity index (χ0n) is 17.6. The van der Waals surface area contributed by atoms with Crippen LogP contribution in [-0.4, -0.2) is 35.9 Å². The Morgan fingerprint density at radius 3 is 2.60 bits per heavy atom. The minimum absolute atomic E-state index is 0.125. The lowest BCUT2D eigenvalue weighted by Crippen LogP contribution is -2.50. The summed E-state index contributed by atoms with van der Waals surface area (Å²) in [5.74, 6) is 0.812. The number of amidine groups is 1. The fraction of sp³-hybridized carbons (Fsp3) is 0.348. The predicted octanol–water partition coefficient (Wildman–Crippen LogP) is 2.82. The average Bonchev–Trinajstić information content (AvgIpc) is 2.76. The summed E-state index contributed by atoms with van der Waals surface area (Å²) in [6.07, 6.45) is 3.08. The van der Waals surface area contributed by atoms with Crippen LogP contribution in [0.1, 0.15) is 37.9 Å². The first-order valence-electron chi connectivity index (χ1n) is 10.3. The van der Waals surface area contributed by atoms with Gasteiger partial charge in [-0.2, -0.15) is 0 Å². The van der Waals surface area contributed by atoms with Gasteiger partial charge in [0.25, 0.3) is 5.91 Å². The maximum Gasteiger partial charge on any atom is 0.276 e. The highest BCUT2D eigenvalue weighted by Gasteiger charge is 2.34. The van der Waals surface area contributed by atoms with Gasteiger partial charge in [0.05, 0.1) is 5.36 Å². The van der Waals surface area contributed by atoms with E-state index in [0.717, 1.165) is 34.0 Å². The summed E-state index contributed by atoms with van der Waals surface area (Å²) >= 11 is 1.60. The molecule has 6 nitrogen and oxygen atoms in total. The van der Waals surface area contributed by atoms with E-state index in [1.165, 1.54) is 12.8 Å². The highest BCUT2D eigenvalue weighted by atomic mass is 32.2. The topological polar surface area (TPSA) is 60.3 Å². The number of unbranched alkanes of at least 4 members (excludes halogenated alkanes) is 2. The van der Waals surface area contributed by atoms with E-state index in [-0.39, 0.29) is 12.1 Å². The van der Waals surface area contributed by atoms with Gasteiger partial charge in [0.2, 0.25) is 0 Å². The van der Waals surface area contributed by atoms with Crippen LogP contribution in [0.3, 0.4) is 0 Å². The molecule has 0 unspecified atom stereocenters. The molecule has 0 saturated carbocycles. The van der Waals surface area contributed by atoms with Crippen molar-refractivity contribution in [3.63, 3.8) is 0 Å². The first-order chi connectivity index (χ1) is 14.6. The number of fused-ring (bicyclic) bond motifs is 2. The van der Waals surface area contributed by atoms with Crippen molar-refractivity contribution in [2.75, 3.05) is 24.7 Å². The van der Waals surface area contributed by atoms with Crippen molar-refractivity contribution in [2.45, 2.75) is 32.4 Å². The fourth-order valence-electron chi connectivity index (χ4n) is 3.57.